The maximum atomic E-state index is 12.9. The van der Waals surface area contributed by atoms with Crippen LogP contribution in [0, 0.1) is 0 Å². The highest BCUT2D eigenvalue weighted by molar-refractivity contribution is 5.97. The number of ether oxygens (including phenoxy) is 4. The number of benzene rings is 2. The molecule has 2 heterocycles. The van der Waals surface area contributed by atoms with Gasteiger partial charge in [0.1, 0.15) is 11.5 Å². The third-order valence-electron chi connectivity index (χ3n) is 5.34. The zero-order valence-corrected chi connectivity index (χ0v) is 16.8. The Hall–Kier alpha value is -2.93. The molecular weight excluding hydrogens is 372 g/mol. The van der Waals surface area contributed by atoms with E-state index in [1.165, 1.54) is 5.56 Å². The van der Waals surface area contributed by atoms with Crippen LogP contribution in [0.3, 0.4) is 0 Å². The van der Waals surface area contributed by atoms with Gasteiger partial charge in [-0.05, 0) is 55.3 Å². The summed E-state index contributed by atoms with van der Waals surface area (Å²) in [4.78, 5) is 15.2. The lowest BCUT2D eigenvalue weighted by Gasteiger charge is -2.33. The Labute approximate surface area is 170 Å². The highest BCUT2D eigenvalue weighted by Gasteiger charge is 2.24. The summed E-state index contributed by atoms with van der Waals surface area (Å²) in [5.74, 6) is 2.62. The Morgan fingerprint density at radius 1 is 1.14 bits per heavy atom. The molecule has 1 fully saturated rings. The first-order chi connectivity index (χ1) is 14.2. The Morgan fingerprint density at radius 2 is 2.00 bits per heavy atom. The minimum atomic E-state index is -0.143. The average Bonchev–Trinajstić information content (AvgIpc) is 3.21. The molecule has 7 nitrogen and oxygen atoms in total. The molecule has 29 heavy (non-hydrogen) atoms. The molecular formula is C22H26N2O5. The Morgan fingerprint density at radius 3 is 2.83 bits per heavy atom. The summed E-state index contributed by atoms with van der Waals surface area (Å²) in [7, 11) is 3.14. The topological polar surface area (TPSA) is 69.3 Å². The van der Waals surface area contributed by atoms with Gasteiger partial charge in [0, 0.05) is 19.1 Å². The molecule has 1 unspecified atom stereocenters. The van der Waals surface area contributed by atoms with Crippen molar-refractivity contribution in [2.45, 2.75) is 25.4 Å². The van der Waals surface area contributed by atoms with Gasteiger partial charge in [-0.2, -0.15) is 0 Å². The molecule has 2 aliphatic heterocycles. The predicted octanol–water partition coefficient (Wildman–Crippen LogP) is 2.83. The summed E-state index contributed by atoms with van der Waals surface area (Å²) < 4.78 is 21.4. The number of carbonyl (C=O) groups excluding carboxylic acids is 1. The maximum absolute atomic E-state index is 12.9. The molecule has 0 bridgehead atoms. The summed E-state index contributed by atoms with van der Waals surface area (Å²) in [5, 5.41) is 3.16. The number of piperidine rings is 1. The van der Waals surface area contributed by atoms with E-state index in [1.54, 1.807) is 32.4 Å². The molecule has 1 N–H and O–H groups in total. The second kappa shape index (κ2) is 8.61. The van der Waals surface area contributed by atoms with Gasteiger partial charge in [0.2, 0.25) is 6.79 Å². The number of rotatable bonds is 6. The van der Waals surface area contributed by atoms with E-state index in [2.05, 4.69) is 16.3 Å². The van der Waals surface area contributed by atoms with Crippen LogP contribution in [0.1, 0.15) is 28.8 Å². The Balaban J connectivity index is 1.39. The molecule has 2 aromatic rings. The molecule has 0 aliphatic carbocycles. The van der Waals surface area contributed by atoms with Crippen LogP contribution in [0.15, 0.2) is 36.4 Å². The van der Waals surface area contributed by atoms with Crippen LogP contribution in [-0.4, -0.2) is 51.0 Å². The Kier molecular flexibility index (Phi) is 5.76. The van der Waals surface area contributed by atoms with Crippen LogP contribution >= 0.6 is 0 Å². The fraction of sp³-hybridized carbons (Fsp3) is 0.409. The third kappa shape index (κ3) is 4.40. The van der Waals surface area contributed by atoms with Crippen LogP contribution < -0.4 is 24.3 Å². The quantitative estimate of drug-likeness (QED) is 0.807. The molecule has 1 saturated heterocycles. The van der Waals surface area contributed by atoms with Crippen molar-refractivity contribution in [3.63, 3.8) is 0 Å². The van der Waals surface area contributed by atoms with Crippen molar-refractivity contribution in [1.82, 2.24) is 10.2 Å². The first-order valence-corrected chi connectivity index (χ1v) is 9.80. The van der Waals surface area contributed by atoms with Crippen LogP contribution in [0.5, 0.6) is 23.0 Å². The van der Waals surface area contributed by atoms with Crippen LogP contribution in [0.4, 0.5) is 0 Å². The normalized spacial score (nSPS) is 18.3. The van der Waals surface area contributed by atoms with Crippen molar-refractivity contribution in [3.05, 3.63) is 47.5 Å². The van der Waals surface area contributed by atoms with Gasteiger partial charge in [0.15, 0.2) is 11.5 Å². The highest BCUT2D eigenvalue weighted by atomic mass is 16.7. The highest BCUT2D eigenvalue weighted by Crippen LogP contribution is 2.33. The molecule has 0 saturated carbocycles. The van der Waals surface area contributed by atoms with Gasteiger partial charge in [-0.15, -0.1) is 0 Å². The maximum Gasteiger partial charge on any atom is 0.255 e. The van der Waals surface area contributed by atoms with E-state index in [0.717, 1.165) is 44.0 Å². The summed E-state index contributed by atoms with van der Waals surface area (Å²) in [6.45, 7) is 2.89. The van der Waals surface area contributed by atoms with Crippen molar-refractivity contribution in [2.75, 3.05) is 34.1 Å². The number of hydrogen-bond donors (Lipinski definition) is 1. The van der Waals surface area contributed by atoms with Gasteiger partial charge in [0.05, 0.1) is 19.8 Å². The van der Waals surface area contributed by atoms with Gasteiger partial charge < -0.3 is 24.3 Å². The number of hydrogen-bond acceptors (Lipinski definition) is 6. The monoisotopic (exact) mass is 398 g/mol. The average molecular weight is 398 g/mol. The van der Waals surface area contributed by atoms with E-state index in [0.29, 0.717) is 17.1 Å². The molecule has 1 amide bonds. The van der Waals surface area contributed by atoms with Gasteiger partial charge in [-0.25, -0.2) is 0 Å². The molecule has 0 radical (unpaired) electrons. The van der Waals surface area contributed by atoms with Gasteiger partial charge in [-0.3, -0.25) is 9.69 Å². The second-order valence-corrected chi connectivity index (χ2v) is 7.30. The van der Waals surface area contributed by atoms with Crippen molar-refractivity contribution >= 4 is 5.91 Å². The van der Waals surface area contributed by atoms with Crippen molar-refractivity contribution < 1.29 is 23.7 Å². The summed E-state index contributed by atoms with van der Waals surface area (Å²) >= 11 is 0. The number of nitrogens with zero attached hydrogens (tertiary/aromatic N) is 1. The molecule has 1 atom stereocenters. The summed E-state index contributed by atoms with van der Waals surface area (Å²) in [5.41, 5.74) is 1.66. The predicted molar refractivity (Wildman–Crippen MR) is 108 cm³/mol. The molecule has 2 aromatic carbocycles. The van der Waals surface area contributed by atoms with Gasteiger partial charge in [0.25, 0.3) is 5.91 Å². The van der Waals surface area contributed by atoms with Crippen molar-refractivity contribution in [2.24, 2.45) is 0 Å². The number of methoxy groups -OCH3 is 2. The van der Waals surface area contributed by atoms with Crippen LogP contribution in [-0.2, 0) is 6.54 Å². The lowest BCUT2D eigenvalue weighted by Crippen LogP contribution is -2.47. The molecule has 7 heteroatoms. The fourth-order valence-corrected chi connectivity index (χ4v) is 3.87. The minimum absolute atomic E-state index is 0.0844. The zero-order chi connectivity index (χ0) is 20.2. The smallest absolute Gasteiger partial charge is 0.255 e. The molecule has 4 rings (SSSR count). The Bertz CT molecular complexity index is 886. The number of likely N-dealkylation sites (tertiary alicyclic amines) is 1. The number of fused-ring (bicyclic) bond motifs is 1. The van der Waals surface area contributed by atoms with E-state index < -0.39 is 0 Å². The molecule has 0 aromatic heterocycles. The zero-order valence-electron chi connectivity index (χ0n) is 16.8. The minimum Gasteiger partial charge on any atom is -0.497 e. The number of nitrogens with one attached hydrogen (secondary N) is 1. The SMILES string of the molecule is COc1ccc(OC)c(C(=O)NC2CCCN(Cc3ccc4c(c3)OCO4)C2)c1. The molecule has 154 valence electrons. The first kappa shape index (κ1) is 19.4. The second-order valence-electron chi connectivity index (χ2n) is 7.30. The fourth-order valence-electron chi connectivity index (χ4n) is 3.87. The largest absolute Gasteiger partial charge is 0.497 e. The molecule has 2 aliphatic rings. The van der Waals surface area contributed by atoms with E-state index in [1.807, 2.05) is 12.1 Å². The number of carbonyl (C=O) groups is 1. The van der Waals surface area contributed by atoms with Crippen LogP contribution in [0.25, 0.3) is 0 Å². The van der Waals surface area contributed by atoms with Gasteiger partial charge >= 0.3 is 0 Å². The lowest BCUT2D eigenvalue weighted by molar-refractivity contribution is 0.0897. The van der Waals surface area contributed by atoms with E-state index in [-0.39, 0.29) is 18.7 Å². The standard InChI is InChI=1S/C22H26N2O5/c1-26-17-6-8-19(27-2)18(11-17)22(25)23-16-4-3-9-24(13-16)12-15-5-7-20-21(10-15)29-14-28-20/h5-8,10-11,16H,3-4,9,12-14H2,1-2H3,(H,23,25). The van der Waals surface area contributed by atoms with E-state index in [9.17, 15) is 4.79 Å². The van der Waals surface area contributed by atoms with E-state index >= 15 is 0 Å². The van der Waals surface area contributed by atoms with E-state index in [4.69, 9.17) is 18.9 Å². The first-order valence-electron chi connectivity index (χ1n) is 9.80. The summed E-state index contributed by atoms with van der Waals surface area (Å²) in [6, 6.07) is 11.4. The number of amides is 1. The lowest BCUT2D eigenvalue weighted by atomic mass is 10.0. The summed E-state index contributed by atoms with van der Waals surface area (Å²) in [6.07, 6.45) is 1.99. The van der Waals surface area contributed by atoms with Crippen molar-refractivity contribution in [3.8, 4) is 23.0 Å². The van der Waals surface area contributed by atoms with Crippen LogP contribution in [0.2, 0.25) is 0 Å². The van der Waals surface area contributed by atoms with Crippen molar-refractivity contribution in [1.29, 1.82) is 0 Å². The molecule has 0 spiro atoms. The third-order valence-corrected chi connectivity index (χ3v) is 5.34. The van der Waals surface area contributed by atoms with Gasteiger partial charge in [-0.1, -0.05) is 6.07 Å².